The summed E-state index contributed by atoms with van der Waals surface area (Å²) in [5.41, 5.74) is 1.41. The van der Waals surface area contributed by atoms with Crippen molar-refractivity contribution in [2.45, 2.75) is 57.3 Å². The number of nitrogens with zero attached hydrogens (tertiary/aromatic N) is 3. The molecular formula is C19H25ClFN5O. The molecule has 0 aromatic carbocycles. The zero-order valence-corrected chi connectivity index (χ0v) is 16.1. The number of hydrogen-bond donors (Lipinski definition) is 3. The van der Waals surface area contributed by atoms with Gasteiger partial charge in [-0.25, -0.2) is 14.4 Å². The van der Waals surface area contributed by atoms with Crippen molar-refractivity contribution >= 4 is 23.4 Å². The van der Waals surface area contributed by atoms with E-state index < -0.39 is 6.17 Å². The summed E-state index contributed by atoms with van der Waals surface area (Å²) in [6.45, 7) is 1.96. The number of halogens is 2. The van der Waals surface area contributed by atoms with Crippen LogP contribution in [0.1, 0.15) is 39.0 Å². The molecule has 0 spiro atoms. The second-order valence-corrected chi connectivity index (χ2v) is 7.22. The van der Waals surface area contributed by atoms with E-state index in [1.807, 2.05) is 12.1 Å². The van der Waals surface area contributed by atoms with E-state index in [2.05, 4.69) is 25.6 Å². The van der Waals surface area contributed by atoms with Crippen molar-refractivity contribution < 1.29 is 9.50 Å². The van der Waals surface area contributed by atoms with Crippen molar-refractivity contribution in [1.82, 2.24) is 15.0 Å². The van der Waals surface area contributed by atoms with Crippen molar-refractivity contribution in [1.29, 1.82) is 0 Å². The van der Waals surface area contributed by atoms with Crippen LogP contribution in [-0.2, 0) is 0 Å². The molecule has 1 fully saturated rings. The molecule has 27 heavy (non-hydrogen) atoms. The van der Waals surface area contributed by atoms with E-state index >= 15 is 0 Å². The monoisotopic (exact) mass is 393 g/mol. The van der Waals surface area contributed by atoms with Crippen LogP contribution in [0.2, 0.25) is 5.15 Å². The zero-order valence-electron chi connectivity index (χ0n) is 15.3. The summed E-state index contributed by atoms with van der Waals surface area (Å²) in [6.07, 6.45) is 4.18. The summed E-state index contributed by atoms with van der Waals surface area (Å²) < 4.78 is 13.5. The van der Waals surface area contributed by atoms with Crippen molar-refractivity contribution in [2.24, 2.45) is 0 Å². The molecule has 1 atom stereocenters. The molecule has 2 aromatic heterocycles. The van der Waals surface area contributed by atoms with Gasteiger partial charge in [0.2, 0.25) is 5.95 Å². The van der Waals surface area contributed by atoms with Crippen molar-refractivity contribution in [3.63, 3.8) is 0 Å². The number of rotatable bonds is 7. The summed E-state index contributed by atoms with van der Waals surface area (Å²) in [4.78, 5) is 13.2. The van der Waals surface area contributed by atoms with Gasteiger partial charge in [0.1, 0.15) is 17.1 Å². The van der Waals surface area contributed by atoms with Gasteiger partial charge in [-0.05, 0) is 44.2 Å². The van der Waals surface area contributed by atoms with E-state index in [1.54, 1.807) is 19.2 Å². The molecule has 3 rings (SSSR count). The van der Waals surface area contributed by atoms with Crippen LogP contribution in [0.4, 0.5) is 16.2 Å². The molecule has 0 saturated heterocycles. The van der Waals surface area contributed by atoms with Crippen LogP contribution in [0, 0.1) is 0 Å². The molecular weight excluding hydrogens is 369 g/mol. The largest absolute Gasteiger partial charge is 0.393 e. The number of pyridine rings is 1. The van der Waals surface area contributed by atoms with E-state index in [0.717, 1.165) is 31.2 Å². The normalized spacial score (nSPS) is 20.9. The van der Waals surface area contributed by atoms with Gasteiger partial charge in [0, 0.05) is 18.8 Å². The lowest BCUT2D eigenvalue weighted by Gasteiger charge is -2.27. The van der Waals surface area contributed by atoms with Gasteiger partial charge in [0.25, 0.3) is 0 Å². The Kier molecular flexibility index (Phi) is 6.79. The summed E-state index contributed by atoms with van der Waals surface area (Å²) in [5.74, 6) is 1.01. The maximum Gasteiger partial charge on any atom is 0.224 e. The number of aromatic nitrogens is 3. The number of alkyl halides is 1. The molecule has 0 bridgehead atoms. The van der Waals surface area contributed by atoms with Crippen LogP contribution in [0.15, 0.2) is 24.4 Å². The number of aliphatic hydroxyl groups is 1. The van der Waals surface area contributed by atoms with E-state index in [4.69, 9.17) is 11.6 Å². The molecule has 3 N–H and O–H groups in total. The average molecular weight is 394 g/mol. The highest BCUT2D eigenvalue weighted by Crippen LogP contribution is 2.29. The third kappa shape index (κ3) is 5.49. The van der Waals surface area contributed by atoms with Crippen LogP contribution in [0.25, 0.3) is 11.3 Å². The first kappa shape index (κ1) is 19.8. The lowest BCUT2D eigenvalue weighted by molar-refractivity contribution is 0.126. The highest BCUT2D eigenvalue weighted by molar-refractivity contribution is 6.29. The molecule has 1 saturated carbocycles. The number of aliphatic hydroxyl groups excluding tert-OH is 1. The second kappa shape index (κ2) is 9.28. The van der Waals surface area contributed by atoms with Gasteiger partial charge >= 0.3 is 0 Å². The Labute approximate surface area is 163 Å². The van der Waals surface area contributed by atoms with Gasteiger partial charge in [0.15, 0.2) is 0 Å². The molecule has 2 aromatic rings. The third-order valence-corrected chi connectivity index (χ3v) is 4.95. The quantitative estimate of drug-likeness (QED) is 0.615. The Balaban J connectivity index is 1.85. The molecule has 2 heterocycles. The number of nitrogens with one attached hydrogen (secondary N) is 2. The highest BCUT2D eigenvalue weighted by Gasteiger charge is 2.21. The van der Waals surface area contributed by atoms with Gasteiger partial charge in [-0.15, -0.1) is 0 Å². The van der Waals surface area contributed by atoms with Gasteiger partial charge < -0.3 is 15.7 Å². The first-order valence-corrected chi connectivity index (χ1v) is 9.75. The smallest absolute Gasteiger partial charge is 0.224 e. The highest BCUT2D eigenvalue weighted by atomic mass is 35.5. The average Bonchev–Trinajstić information content (AvgIpc) is 2.68. The maximum absolute atomic E-state index is 13.5. The lowest BCUT2D eigenvalue weighted by atomic mass is 9.93. The Morgan fingerprint density at radius 3 is 2.74 bits per heavy atom. The lowest BCUT2D eigenvalue weighted by Crippen LogP contribution is -2.29. The SMILES string of the molecule is CC[C@H](F)CNc1ncc(-c2cccc(Cl)n2)c(N[C@H]2CC[C@H](O)CC2)n1. The van der Waals surface area contributed by atoms with Crippen molar-refractivity contribution in [3.8, 4) is 11.3 Å². The minimum absolute atomic E-state index is 0.167. The first-order chi connectivity index (χ1) is 13.0. The molecule has 8 heteroatoms. The van der Waals surface area contributed by atoms with Crippen LogP contribution in [0.5, 0.6) is 0 Å². The Morgan fingerprint density at radius 2 is 2.04 bits per heavy atom. The molecule has 0 unspecified atom stereocenters. The molecule has 1 aliphatic carbocycles. The minimum Gasteiger partial charge on any atom is -0.393 e. The first-order valence-electron chi connectivity index (χ1n) is 9.37. The Hall–Kier alpha value is -1.99. The van der Waals surface area contributed by atoms with E-state index in [9.17, 15) is 9.50 Å². The van der Waals surface area contributed by atoms with E-state index in [0.29, 0.717) is 29.0 Å². The zero-order chi connectivity index (χ0) is 19.2. The fourth-order valence-electron chi connectivity index (χ4n) is 3.08. The Morgan fingerprint density at radius 1 is 1.26 bits per heavy atom. The Bertz CT molecular complexity index is 755. The van der Waals surface area contributed by atoms with Crippen LogP contribution < -0.4 is 10.6 Å². The summed E-state index contributed by atoms with van der Waals surface area (Å²) in [6, 6.07) is 5.59. The standard InChI is InChI=1S/C19H25ClFN5O/c1-2-12(21)10-22-19-23-11-15(16-4-3-5-17(20)25-16)18(26-19)24-13-6-8-14(27)9-7-13/h3-5,11-14,27H,2,6-10H2,1H3,(H2,22,23,24,26)/t12-,13-,14-/m0/s1. The predicted octanol–water partition coefficient (Wildman–Crippen LogP) is 4.07. The van der Waals surface area contributed by atoms with Crippen LogP contribution in [-0.4, -0.2) is 44.9 Å². The fraction of sp³-hybridized carbons (Fsp3) is 0.526. The molecule has 0 aliphatic heterocycles. The predicted molar refractivity (Wildman–Crippen MR) is 106 cm³/mol. The summed E-state index contributed by atoms with van der Waals surface area (Å²) in [7, 11) is 0. The fourth-order valence-corrected chi connectivity index (χ4v) is 3.25. The van der Waals surface area contributed by atoms with Crippen molar-refractivity contribution in [3.05, 3.63) is 29.5 Å². The summed E-state index contributed by atoms with van der Waals surface area (Å²) >= 11 is 6.03. The molecule has 146 valence electrons. The third-order valence-electron chi connectivity index (χ3n) is 4.74. The molecule has 0 amide bonds. The van der Waals surface area contributed by atoms with E-state index in [1.165, 1.54) is 0 Å². The van der Waals surface area contributed by atoms with Crippen molar-refractivity contribution in [2.75, 3.05) is 17.2 Å². The molecule has 1 aliphatic rings. The number of hydrogen-bond acceptors (Lipinski definition) is 6. The van der Waals surface area contributed by atoms with Gasteiger partial charge in [0.05, 0.1) is 17.4 Å². The van der Waals surface area contributed by atoms with Gasteiger partial charge in [-0.3, -0.25) is 0 Å². The number of anilines is 2. The molecule has 6 nitrogen and oxygen atoms in total. The van der Waals surface area contributed by atoms with Gasteiger partial charge in [-0.1, -0.05) is 24.6 Å². The van der Waals surface area contributed by atoms with Crippen LogP contribution >= 0.6 is 11.6 Å². The van der Waals surface area contributed by atoms with Gasteiger partial charge in [-0.2, -0.15) is 4.98 Å². The maximum atomic E-state index is 13.5. The van der Waals surface area contributed by atoms with Crippen LogP contribution in [0.3, 0.4) is 0 Å². The molecule has 0 radical (unpaired) electrons. The minimum atomic E-state index is -0.945. The summed E-state index contributed by atoms with van der Waals surface area (Å²) in [5, 5.41) is 16.5. The topological polar surface area (TPSA) is 83.0 Å². The second-order valence-electron chi connectivity index (χ2n) is 6.84. The van der Waals surface area contributed by atoms with E-state index in [-0.39, 0.29) is 18.7 Å².